The maximum Gasteiger partial charge on any atom is 0.411 e. The summed E-state index contributed by atoms with van der Waals surface area (Å²) in [4.78, 5) is 6.66. The molecule has 0 aliphatic rings. The smallest absolute Gasteiger partial charge is 0.364 e. The third-order valence-electron chi connectivity index (χ3n) is 1.59. The van der Waals surface area contributed by atoms with Crippen molar-refractivity contribution in [3.8, 4) is 0 Å². The highest BCUT2D eigenvalue weighted by Gasteiger charge is 2.27. The summed E-state index contributed by atoms with van der Waals surface area (Å²) in [6, 6.07) is 0. The number of alkyl halides is 3. The molecule has 0 fully saturated rings. The van der Waals surface area contributed by atoms with Gasteiger partial charge in [0.15, 0.2) is 0 Å². The summed E-state index contributed by atoms with van der Waals surface area (Å²) in [6.07, 6.45) is -4.33. The topological polar surface area (TPSA) is 37.9 Å². The van der Waals surface area contributed by atoms with E-state index in [2.05, 4.69) is 30.6 Å². The third-order valence-corrected chi connectivity index (χ3v) is 3.12. The summed E-state index contributed by atoms with van der Waals surface area (Å²) in [5.41, 5.74) is 0.700. The Labute approximate surface area is 103 Å². The van der Waals surface area contributed by atoms with Crippen LogP contribution in [-0.2, 0) is 11.3 Å². The zero-order valence-electron chi connectivity index (χ0n) is 8.19. The first-order valence-electron chi connectivity index (χ1n) is 4.19. The molecule has 90 valence electrons. The van der Waals surface area contributed by atoms with Crippen LogP contribution >= 0.6 is 28.1 Å². The molecule has 0 unspecified atom stereocenters. The highest BCUT2D eigenvalue weighted by molar-refractivity contribution is 9.10. The van der Waals surface area contributed by atoms with Crippen molar-refractivity contribution < 1.29 is 17.9 Å². The molecule has 0 aliphatic heterocycles. The molecule has 3 nitrogen and oxygen atoms in total. The molecular formula is C8H8BrF3N2OS. The van der Waals surface area contributed by atoms with E-state index in [9.17, 15) is 13.2 Å². The molecular weight excluding hydrogens is 309 g/mol. The lowest BCUT2D eigenvalue weighted by Crippen LogP contribution is -2.17. The van der Waals surface area contributed by atoms with Crippen LogP contribution in [0.1, 0.15) is 11.5 Å². The molecule has 0 spiro atoms. The Balaban J connectivity index is 2.66. The number of nitrogens with one attached hydrogen (secondary N) is 1. The van der Waals surface area contributed by atoms with Gasteiger partial charge in [0, 0.05) is 5.69 Å². The van der Waals surface area contributed by atoms with E-state index in [0.717, 1.165) is 0 Å². The van der Waals surface area contributed by atoms with E-state index in [1.807, 2.05) is 0 Å². The number of hydrogen-bond acceptors (Lipinski definition) is 3. The maximum absolute atomic E-state index is 11.8. The summed E-state index contributed by atoms with van der Waals surface area (Å²) >= 11 is 8.09. The Morgan fingerprint density at radius 3 is 2.62 bits per heavy atom. The van der Waals surface area contributed by atoms with Gasteiger partial charge in [-0.05, 0) is 22.9 Å². The van der Waals surface area contributed by atoms with Gasteiger partial charge in [-0.15, -0.1) is 0 Å². The molecule has 0 bridgehead atoms. The van der Waals surface area contributed by atoms with Crippen LogP contribution in [0.15, 0.2) is 4.47 Å². The molecule has 1 N–H and O–H groups in total. The average molecular weight is 317 g/mol. The number of rotatable bonds is 3. The third kappa shape index (κ3) is 4.18. The van der Waals surface area contributed by atoms with Crippen molar-refractivity contribution in [2.75, 3.05) is 6.61 Å². The molecule has 1 rings (SSSR count). The van der Waals surface area contributed by atoms with Gasteiger partial charge in [0.05, 0.1) is 4.47 Å². The van der Waals surface area contributed by atoms with Crippen LogP contribution in [0.4, 0.5) is 13.2 Å². The number of halogens is 4. The Morgan fingerprint density at radius 1 is 1.50 bits per heavy atom. The van der Waals surface area contributed by atoms with Gasteiger partial charge < -0.3 is 9.72 Å². The molecule has 1 aromatic rings. The van der Waals surface area contributed by atoms with Crippen LogP contribution in [-0.4, -0.2) is 22.8 Å². The summed E-state index contributed by atoms with van der Waals surface area (Å²) in [5, 5.41) is 0. The van der Waals surface area contributed by atoms with Gasteiger partial charge in [-0.25, -0.2) is 4.98 Å². The zero-order chi connectivity index (χ0) is 12.3. The number of H-pyrrole nitrogens is 1. The predicted molar refractivity (Wildman–Crippen MR) is 57.6 cm³/mol. The van der Waals surface area contributed by atoms with Crippen LogP contribution in [0.25, 0.3) is 0 Å². The minimum atomic E-state index is -4.33. The van der Waals surface area contributed by atoms with Gasteiger partial charge in [-0.3, -0.25) is 0 Å². The first kappa shape index (κ1) is 13.6. The predicted octanol–water partition coefficient (Wildman–Crippen LogP) is 3.29. The molecule has 0 atom stereocenters. The average Bonchev–Trinajstić information content (AvgIpc) is 2.12. The van der Waals surface area contributed by atoms with Crippen LogP contribution < -0.4 is 0 Å². The molecule has 0 saturated carbocycles. The standard InChI is InChI=1S/C8H8BrF3N2OS/c1-4-6(9)7(16)14-5(13-4)2-15-3-8(10,11)12/h2-3H2,1H3,(H,13,14,16). The van der Waals surface area contributed by atoms with E-state index < -0.39 is 12.8 Å². The van der Waals surface area contributed by atoms with Gasteiger partial charge in [-0.1, -0.05) is 12.2 Å². The monoisotopic (exact) mass is 316 g/mol. The van der Waals surface area contributed by atoms with Crippen molar-refractivity contribution in [3.05, 3.63) is 20.6 Å². The lowest BCUT2D eigenvalue weighted by Gasteiger charge is -2.08. The molecule has 0 aromatic carbocycles. The van der Waals surface area contributed by atoms with E-state index in [-0.39, 0.29) is 12.4 Å². The van der Waals surface area contributed by atoms with Crippen molar-refractivity contribution in [2.24, 2.45) is 0 Å². The second-order valence-electron chi connectivity index (χ2n) is 3.04. The molecule has 0 radical (unpaired) electrons. The number of aromatic nitrogens is 2. The fourth-order valence-corrected chi connectivity index (χ4v) is 1.41. The molecule has 0 aliphatic carbocycles. The summed E-state index contributed by atoms with van der Waals surface area (Å²) in [7, 11) is 0. The van der Waals surface area contributed by atoms with E-state index in [4.69, 9.17) is 12.2 Å². The van der Waals surface area contributed by atoms with Crippen LogP contribution in [0.5, 0.6) is 0 Å². The Hall–Kier alpha value is -0.470. The molecule has 1 heterocycles. The fourth-order valence-electron chi connectivity index (χ4n) is 0.963. The van der Waals surface area contributed by atoms with Crippen LogP contribution in [0.3, 0.4) is 0 Å². The van der Waals surface area contributed by atoms with Crippen molar-refractivity contribution >= 4 is 28.1 Å². The van der Waals surface area contributed by atoms with E-state index >= 15 is 0 Å². The van der Waals surface area contributed by atoms with Gasteiger partial charge in [0.2, 0.25) is 0 Å². The molecule has 1 aromatic heterocycles. The number of aryl methyl sites for hydroxylation is 1. The highest BCUT2D eigenvalue weighted by atomic mass is 79.9. The molecule has 16 heavy (non-hydrogen) atoms. The molecule has 0 amide bonds. The normalized spacial score (nSPS) is 11.8. The van der Waals surface area contributed by atoms with Crippen molar-refractivity contribution in [2.45, 2.75) is 19.7 Å². The highest BCUT2D eigenvalue weighted by Crippen LogP contribution is 2.17. The lowest BCUT2D eigenvalue weighted by molar-refractivity contribution is -0.177. The largest absolute Gasteiger partial charge is 0.411 e. The van der Waals surface area contributed by atoms with Crippen molar-refractivity contribution in [1.82, 2.24) is 9.97 Å². The van der Waals surface area contributed by atoms with Gasteiger partial charge in [0.25, 0.3) is 0 Å². The van der Waals surface area contributed by atoms with Crippen molar-refractivity contribution in [1.29, 1.82) is 0 Å². The number of ether oxygens (including phenoxy) is 1. The van der Waals surface area contributed by atoms with E-state index in [0.29, 0.717) is 14.8 Å². The van der Waals surface area contributed by atoms with Crippen LogP contribution in [0.2, 0.25) is 0 Å². The molecule has 0 saturated heterocycles. The quantitative estimate of drug-likeness (QED) is 0.870. The summed E-state index contributed by atoms with van der Waals surface area (Å²) in [6.45, 7) is 0.177. The second-order valence-corrected chi connectivity index (χ2v) is 4.22. The lowest BCUT2D eigenvalue weighted by atomic mass is 10.4. The first-order chi connectivity index (χ1) is 7.29. The van der Waals surface area contributed by atoms with Gasteiger partial charge in [-0.2, -0.15) is 13.2 Å². The number of aromatic amines is 1. The minimum Gasteiger partial charge on any atom is -0.364 e. The first-order valence-corrected chi connectivity index (χ1v) is 5.39. The van der Waals surface area contributed by atoms with Crippen LogP contribution in [0, 0.1) is 11.6 Å². The Bertz CT molecular complexity index is 432. The van der Waals surface area contributed by atoms with Gasteiger partial charge >= 0.3 is 6.18 Å². The Kier molecular flexibility index (Phi) is 4.45. The molecule has 8 heteroatoms. The number of nitrogens with zero attached hydrogens (tertiary/aromatic N) is 1. The van der Waals surface area contributed by atoms with E-state index in [1.54, 1.807) is 6.92 Å². The number of hydrogen-bond donors (Lipinski definition) is 1. The van der Waals surface area contributed by atoms with E-state index in [1.165, 1.54) is 0 Å². The summed E-state index contributed by atoms with van der Waals surface area (Å²) < 4.78 is 40.8. The second kappa shape index (κ2) is 5.24. The summed E-state index contributed by atoms with van der Waals surface area (Å²) in [5.74, 6) is 0.273. The zero-order valence-corrected chi connectivity index (χ0v) is 10.6. The maximum atomic E-state index is 11.8. The SMILES string of the molecule is Cc1[nH]c(COCC(F)(F)F)nc(=S)c1Br. The Morgan fingerprint density at radius 2 is 2.12 bits per heavy atom. The minimum absolute atomic E-state index is 0.253. The van der Waals surface area contributed by atoms with Gasteiger partial charge in [0.1, 0.15) is 23.7 Å². The van der Waals surface area contributed by atoms with Crippen molar-refractivity contribution in [3.63, 3.8) is 0 Å². The fraction of sp³-hybridized carbons (Fsp3) is 0.500.